The summed E-state index contributed by atoms with van der Waals surface area (Å²) in [6, 6.07) is 6.36. The molecule has 17 heteroatoms. The van der Waals surface area contributed by atoms with Crippen LogP contribution in [0.4, 0.5) is 0 Å². The van der Waals surface area contributed by atoms with Crippen molar-refractivity contribution in [3.8, 4) is 5.00 Å². The number of carbonyl (C=O) groups excluding carboxylic acids is 5. The van der Waals surface area contributed by atoms with Crippen molar-refractivity contribution in [3.63, 3.8) is 0 Å². The van der Waals surface area contributed by atoms with E-state index in [1.54, 1.807) is 16.7 Å². The normalized spacial score (nSPS) is 17.7. The minimum absolute atomic E-state index is 0.108. The largest absolute Gasteiger partial charge is 0.356 e. The minimum atomic E-state index is -0.673. The van der Waals surface area contributed by atoms with Crippen LogP contribution in [0.2, 0.25) is 5.02 Å². The number of hydrogen-bond donors (Lipinski definition) is 4. The van der Waals surface area contributed by atoms with Crippen LogP contribution in [0.3, 0.4) is 0 Å². The third-order valence-corrected chi connectivity index (χ3v) is 12.4. The van der Waals surface area contributed by atoms with Crippen molar-refractivity contribution in [2.24, 2.45) is 4.99 Å². The van der Waals surface area contributed by atoms with Gasteiger partial charge in [-0.05, 0) is 69.8 Å². The average molecular weight is 790 g/mol. The zero-order chi connectivity index (χ0) is 38.1. The number of nitrogens with zero attached hydrogens (tertiary/aromatic N) is 5. The number of imide groups is 1. The van der Waals surface area contributed by atoms with E-state index in [1.807, 2.05) is 35.8 Å². The van der Waals surface area contributed by atoms with Gasteiger partial charge in [0.25, 0.3) is 5.91 Å². The highest BCUT2D eigenvalue weighted by Gasteiger charge is 2.40. The molecule has 0 spiro atoms. The lowest BCUT2D eigenvalue weighted by molar-refractivity contribution is -0.137. The summed E-state index contributed by atoms with van der Waals surface area (Å²) >= 11 is 9.28. The fourth-order valence-electron chi connectivity index (χ4n) is 6.98. The summed E-state index contributed by atoms with van der Waals surface area (Å²) in [5.41, 5.74) is 5.21. The molecule has 5 amide bonds. The van der Waals surface area contributed by atoms with Gasteiger partial charge in [-0.15, -0.1) is 32.9 Å². The van der Waals surface area contributed by atoms with Crippen LogP contribution in [-0.4, -0.2) is 80.6 Å². The highest BCUT2D eigenvalue weighted by Crippen LogP contribution is 2.40. The number of benzene rings is 1. The number of halogens is 1. The van der Waals surface area contributed by atoms with Crippen LogP contribution in [0.1, 0.15) is 92.2 Å². The third-order valence-electron chi connectivity index (χ3n) is 9.96. The van der Waals surface area contributed by atoms with Gasteiger partial charge in [-0.25, -0.2) is 0 Å². The molecule has 0 aliphatic carbocycles. The molecule has 3 aliphatic rings. The Morgan fingerprint density at radius 1 is 1.02 bits per heavy atom. The number of unbranched alkanes of at least 4 members (excludes halogenated alkanes) is 1. The summed E-state index contributed by atoms with van der Waals surface area (Å²) in [5.74, 6) is 0.0382. The van der Waals surface area contributed by atoms with Gasteiger partial charge in [0.2, 0.25) is 23.6 Å². The Labute approximate surface area is 324 Å². The molecule has 6 heterocycles. The van der Waals surface area contributed by atoms with Crippen molar-refractivity contribution in [2.75, 3.05) is 19.6 Å². The smallest absolute Gasteiger partial charge is 0.256 e. The predicted molar refractivity (Wildman–Crippen MR) is 205 cm³/mol. The van der Waals surface area contributed by atoms with Gasteiger partial charge >= 0.3 is 0 Å². The van der Waals surface area contributed by atoms with Crippen LogP contribution < -0.4 is 21.3 Å². The molecule has 2 atom stereocenters. The first-order valence-corrected chi connectivity index (χ1v) is 19.9. The van der Waals surface area contributed by atoms with Crippen LogP contribution in [-0.2, 0) is 32.3 Å². The lowest BCUT2D eigenvalue weighted by Gasteiger charge is -2.29. The zero-order valence-corrected chi connectivity index (χ0v) is 32.5. The molecule has 0 saturated carbocycles. The average Bonchev–Trinajstić information content (AvgIpc) is 3.87. The van der Waals surface area contributed by atoms with E-state index in [-0.39, 0.29) is 56.1 Å². The van der Waals surface area contributed by atoms with Gasteiger partial charge in [0.1, 0.15) is 22.9 Å². The van der Waals surface area contributed by atoms with E-state index in [2.05, 4.69) is 45.3 Å². The monoisotopic (exact) mass is 789 g/mol. The van der Waals surface area contributed by atoms with Crippen molar-refractivity contribution < 1.29 is 24.0 Å². The van der Waals surface area contributed by atoms with Crippen LogP contribution >= 0.6 is 34.3 Å². The quantitative estimate of drug-likeness (QED) is 0.117. The molecule has 1 fully saturated rings. The van der Waals surface area contributed by atoms with Crippen LogP contribution in [0.5, 0.6) is 0 Å². The topological polar surface area (TPSA) is 180 Å². The molecule has 0 radical (unpaired) electrons. The Kier molecular flexibility index (Phi) is 11.1. The first kappa shape index (κ1) is 37.5. The number of fused-ring (bicyclic) bond motifs is 4. The van der Waals surface area contributed by atoms with E-state index in [0.717, 1.165) is 50.1 Å². The van der Waals surface area contributed by atoms with E-state index >= 15 is 0 Å². The molecule has 0 bridgehead atoms. The number of nitrogens with one attached hydrogen (secondary N) is 4. The molecular weight excluding hydrogens is 750 g/mol. The fourth-order valence-corrected chi connectivity index (χ4v) is 9.29. The van der Waals surface area contributed by atoms with E-state index in [0.29, 0.717) is 42.3 Å². The maximum absolute atomic E-state index is 13.2. The van der Waals surface area contributed by atoms with Crippen LogP contribution in [0.25, 0.3) is 5.00 Å². The number of aliphatic imine (C=N–C) groups is 1. The summed E-state index contributed by atoms with van der Waals surface area (Å²) in [4.78, 5) is 71.4. The zero-order valence-electron chi connectivity index (χ0n) is 30.1. The van der Waals surface area contributed by atoms with Crippen molar-refractivity contribution >= 4 is 69.5 Å². The van der Waals surface area contributed by atoms with Crippen molar-refractivity contribution in [1.82, 2.24) is 40.9 Å². The lowest BCUT2D eigenvalue weighted by atomic mass is 9.99. The Balaban J connectivity index is 0.862. The number of aromatic nitrogens is 3. The first-order valence-electron chi connectivity index (χ1n) is 17.8. The van der Waals surface area contributed by atoms with Crippen LogP contribution in [0.15, 0.2) is 34.6 Å². The van der Waals surface area contributed by atoms with Gasteiger partial charge in [0.05, 0.1) is 30.8 Å². The van der Waals surface area contributed by atoms with E-state index < -0.39 is 18.0 Å². The Morgan fingerprint density at radius 3 is 2.57 bits per heavy atom. The first-order chi connectivity index (χ1) is 26.0. The van der Waals surface area contributed by atoms with Crippen molar-refractivity contribution in [3.05, 3.63) is 83.9 Å². The van der Waals surface area contributed by atoms with Crippen LogP contribution in [0, 0.1) is 20.8 Å². The summed E-state index contributed by atoms with van der Waals surface area (Å²) < 4.78 is 2.03. The van der Waals surface area contributed by atoms with Gasteiger partial charge in [0.15, 0.2) is 5.82 Å². The summed E-state index contributed by atoms with van der Waals surface area (Å²) in [6.07, 6.45) is 2.07. The van der Waals surface area contributed by atoms with Gasteiger partial charge in [0, 0.05) is 50.8 Å². The molecule has 54 heavy (non-hydrogen) atoms. The number of amides is 5. The second-order valence-corrected chi connectivity index (χ2v) is 16.2. The van der Waals surface area contributed by atoms with Crippen molar-refractivity contribution in [1.29, 1.82) is 0 Å². The second-order valence-electron chi connectivity index (χ2n) is 13.6. The molecule has 3 aliphatic heterocycles. The fraction of sp³-hybridized carbons (Fsp3) is 0.405. The Hall–Kier alpha value is -4.77. The highest BCUT2D eigenvalue weighted by atomic mass is 35.5. The van der Waals surface area contributed by atoms with Gasteiger partial charge < -0.3 is 20.9 Å². The molecule has 7 rings (SSSR count). The highest BCUT2D eigenvalue weighted by molar-refractivity contribution is 7.15. The Bertz CT molecular complexity index is 2170. The molecule has 4 aromatic rings. The number of hydrogen-bond acceptors (Lipinski definition) is 11. The van der Waals surface area contributed by atoms with E-state index in [9.17, 15) is 24.0 Å². The van der Waals surface area contributed by atoms with Gasteiger partial charge in [-0.3, -0.25) is 38.8 Å². The maximum Gasteiger partial charge on any atom is 0.256 e. The minimum Gasteiger partial charge on any atom is -0.356 e. The molecule has 282 valence electrons. The van der Waals surface area contributed by atoms with Gasteiger partial charge in [-0.2, -0.15) is 0 Å². The van der Waals surface area contributed by atoms with Gasteiger partial charge in [-0.1, -0.05) is 23.7 Å². The maximum atomic E-state index is 13.2. The SMILES string of the molecule is Cc1sc2c(c1C)C(c1ccc(Cl)cc1)=N[C@@H](CC(=O)NCCCCNCC(=O)NCc1scc3c1CN(C1CCC(=O)NC1=O)C3=O)c1nnc(C)n1-2. The number of aryl methyl sites for hydroxylation is 2. The summed E-state index contributed by atoms with van der Waals surface area (Å²) in [7, 11) is 0. The number of carbonyl (C=O) groups is 5. The summed E-state index contributed by atoms with van der Waals surface area (Å²) in [6.45, 7) is 7.83. The molecule has 4 N–H and O–H groups in total. The third kappa shape index (κ3) is 7.60. The second kappa shape index (κ2) is 15.9. The molecule has 14 nitrogen and oxygen atoms in total. The molecule has 1 aromatic carbocycles. The number of piperidine rings is 1. The lowest BCUT2D eigenvalue weighted by Crippen LogP contribution is -2.52. The van der Waals surface area contributed by atoms with E-state index in [1.165, 1.54) is 21.1 Å². The molecule has 3 aromatic heterocycles. The number of rotatable bonds is 13. The summed E-state index contributed by atoms with van der Waals surface area (Å²) in [5, 5.41) is 23.6. The molecule has 1 saturated heterocycles. The Morgan fingerprint density at radius 2 is 1.80 bits per heavy atom. The molecule has 1 unspecified atom stereocenters. The number of thiophene rings is 2. The molecular formula is C37H40ClN9O5S2. The predicted octanol–water partition coefficient (Wildman–Crippen LogP) is 3.81. The van der Waals surface area contributed by atoms with E-state index in [4.69, 9.17) is 16.6 Å². The standard InChI is InChI=1S/C37H40ClN9O5S2/c1-19-20(2)54-37-32(19)33(22-6-8-23(38)9-7-22)42-26(34-45-44-21(3)47(34)37)14-30(49)40-13-5-4-12-39-16-31(50)41-15-28-24-17-46(36(52)25(24)18-53-28)27-10-11-29(48)43-35(27)51/h6-9,18,26-27,39H,4-5,10-17H2,1-3H3,(H,40,49)(H,41,50)(H,43,48,51)/t26-,27?/m0/s1. The van der Waals surface area contributed by atoms with Crippen molar-refractivity contribution in [2.45, 2.75) is 78.0 Å².